The molecular weight excluding hydrogens is 406 g/mol. The van der Waals surface area contributed by atoms with Gasteiger partial charge in [-0.3, -0.25) is 9.69 Å². The first-order valence-corrected chi connectivity index (χ1v) is 11.1. The Kier molecular flexibility index (Phi) is 5.40. The average molecular weight is 430 g/mol. The monoisotopic (exact) mass is 429 g/mol. The number of nitrogens with one attached hydrogen (secondary N) is 1. The molecule has 0 bridgehead atoms. The van der Waals surface area contributed by atoms with Crippen LogP contribution in [0.15, 0.2) is 71.5 Å². The van der Waals surface area contributed by atoms with Gasteiger partial charge in [-0.05, 0) is 42.0 Å². The molecule has 3 heterocycles. The average Bonchev–Trinajstić information content (AvgIpc) is 3.28. The van der Waals surface area contributed by atoms with Gasteiger partial charge in [0.15, 0.2) is 0 Å². The molecule has 31 heavy (non-hydrogen) atoms. The molecule has 0 aliphatic carbocycles. The predicted octanol–water partition coefficient (Wildman–Crippen LogP) is 4.73. The van der Waals surface area contributed by atoms with Gasteiger partial charge in [0.2, 0.25) is 0 Å². The van der Waals surface area contributed by atoms with Crippen LogP contribution >= 0.6 is 11.3 Å². The fourth-order valence-corrected chi connectivity index (χ4v) is 5.00. The number of fused-ring (bicyclic) bond motifs is 1. The highest BCUT2D eigenvalue weighted by Gasteiger charge is 2.22. The number of ether oxygens (including phenoxy) is 1. The van der Waals surface area contributed by atoms with E-state index in [1.165, 1.54) is 15.3 Å². The highest BCUT2D eigenvalue weighted by Crippen LogP contribution is 2.31. The van der Waals surface area contributed by atoms with Crippen molar-refractivity contribution in [2.45, 2.75) is 19.5 Å². The Bertz CT molecular complexity index is 1250. The maximum absolute atomic E-state index is 12.8. The number of methoxy groups -OCH3 is 1. The van der Waals surface area contributed by atoms with Crippen LogP contribution in [0.2, 0.25) is 0 Å². The van der Waals surface area contributed by atoms with E-state index in [0.717, 1.165) is 42.1 Å². The van der Waals surface area contributed by atoms with E-state index in [9.17, 15) is 4.79 Å². The van der Waals surface area contributed by atoms with E-state index in [0.29, 0.717) is 12.4 Å². The molecular formula is C25H23N3O2S. The largest absolute Gasteiger partial charge is 0.497 e. The van der Waals surface area contributed by atoms with Crippen molar-refractivity contribution < 1.29 is 4.74 Å². The van der Waals surface area contributed by atoms with Gasteiger partial charge in [-0.25, -0.2) is 4.98 Å². The molecule has 0 unspecified atom stereocenters. The molecule has 4 aromatic rings. The molecule has 1 aliphatic rings. The fraction of sp³-hybridized carbons (Fsp3) is 0.200. The van der Waals surface area contributed by atoms with Crippen LogP contribution in [-0.2, 0) is 19.5 Å². The molecule has 0 amide bonds. The Balaban J connectivity index is 1.31. The van der Waals surface area contributed by atoms with Gasteiger partial charge in [-0.2, -0.15) is 0 Å². The maximum Gasteiger partial charge on any atom is 0.255 e. The number of thiophene rings is 1. The van der Waals surface area contributed by atoms with E-state index in [2.05, 4.69) is 34.1 Å². The van der Waals surface area contributed by atoms with Gasteiger partial charge in [0.1, 0.15) is 11.6 Å². The standard InChI is InChI=1S/C25H23N3O2S/c1-30-19-9-7-17(8-10-19)23-12-11-20(31-23)15-28-14-13-22-21(16-28)25(29)27-24(26-22)18-5-3-2-4-6-18/h2-12H,13-16H2,1H3,(H,26,27,29). The Morgan fingerprint density at radius 1 is 1.03 bits per heavy atom. The molecule has 5 nitrogen and oxygen atoms in total. The minimum Gasteiger partial charge on any atom is -0.497 e. The first-order chi connectivity index (χ1) is 15.2. The minimum absolute atomic E-state index is 0.0290. The van der Waals surface area contributed by atoms with E-state index >= 15 is 0 Å². The van der Waals surface area contributed by atoms with E-state index < -0.39 is 0 Å². The van der Waals surface area contributed by atoms with Crippen LogP contribution in [0.25, 0.3) is 21.8 Å². The normalized spacial score (nSPS) is 13.7. The molecule has 5 rings (SSSR count). The number of hydrogen-bond donors (Lipinski definition) is 1. The van der Waals surface area contributed by atoms with Crippen molar-refractivity contribution in [3.8, 4) is 27.6 Å². The van der Waals surface area contributed by atoms with E-state index in [4.69, 9.17) is 9.72 Å². The molecule has 0 radical (unpaired) electrons. The van der Waals surface area contributed by atoms with Gasteiger partial charge in [0.05, 0.1) is 18.4 Å². The number of rotatable bonds is 5. The number of nitrogens with zero attached hydrogens (tertiary/aromatic N) is 2. The summed E-state index contributed by atoms with van der Waals surface area (Å²) in [5, 5.41) is 0. The Labute approximate surface area is 185 Å². The fourth-order valence-electron chi connectivity index (χ4n) is 3.94. The van der Waals surface area contributed by atoms with Crippen molar-refractivity contribution in [3.05, 3.63) is 93.2 Å². The van der Waals surface area contributed by atoms with Gasteiger partial charge in [0, 0.05) is 41.4 Å². The molecule has 6 heteroatoms. The topological polar surface area (TPSA) is 58.2 Å². The maximum atomic E-state index is 12.8. The molecule has 2 aromatic carbocycles. The first kappa shape index (κ1) is 19.7. The van der Waals surface area contributed by atoms with Crippen LogP contribution in [0.5, 0.6) is 5.75 Å². The lowest BCUT2D eigenvalue weighted by Crippen LogP contribution is -2.35. The Morgan fingerprint density at radius 2 is 1.84 bits per heavy atom. The van der Waals surface area contributed by atoms with Crippen molar-refractivity contribution in [1.82, 2.24) is 14.9 Å². The first-order valence-electron chi connectivity index (χ1n) is 10.3. The van der Waals surface area contributed by atoms with Crippen LogP contribution < -0.4 is 10.3 Å². The molecule has 0 saturated carbocycles. The second-order valence-corrected chi connectivity index (χ2v) is 8.83. The highest BCUT2D eigenvalue weighted by atomic mass is 32.1. The lowest BCUT2D eigenvalue weighted by atomic mass is 10.1. The molecule has 156 valence electrons. The van der Waals surface area contributed by atoms with E-state index in [1.807, 2.05) is 42.5 Å². The second-order valence-electron chi connectivity index (χ2n) is 7.66. The number of benzene rings is 2. The molecule has 0 fully saturated rings. The Hall–Kier alpha value is -3.22. The predicted molar refractivity (Wildman–Crippen MR) is 124 cm³/mol. The lowest BCUT2D eigenvalue weighted by Gasteiger charge is -2.27. The summed E-state index contributed by atoms with van der Waals surface area (Å²) in [5.41, 5.74) is 3.81. The Morgan fingerprint density at radius 3 is 2.61 bits per heavy atom. The van der Waals surface area contributed by atoms with Crippen molar-refractivity contribution >= 4 is 11.3 Å². The molecule has 0 saturated heterocycles. The third kappa shape index (κ3) is 4.17. The van der Waals surface area contributed by atoms with Gasteiger partial charge in [-0.15, -0.1) is 11.3 Å². The quantitative estimate of drug-likeness (QED) is 0.498. The number of hydrogen-bond acceptors (Lipinski definition) is 5. The van der Waals surface area contributed by atoms with Gasteiger partial charge in [-0.1, -0.05) is 30.3 Å². The van der Waals surface area contributed by atoms with Crippen molar-refractivity contribution in [3.63, 3.8) is 0 Å². The summed E-state index contributed by atoms with van der Waals surface area (Å²) in [5.74, 6) is 1.52. The van der Waals surface area contributed by atoms with Crippen LogP contribution in [0, 0.1) is 0 Å². The van der Waals surface area contributed by atoms with E-state index in [1.54, 1.807) is 18.4 Å². The second kappa shape index (κ2) is 8.49. The summed E-state index contributed by atoms with van der Waals surface area (Å²) in [6.07, 6.45) is 0.787. The van der Waals surface area contributed by atoms with E-state index in [-0.39, 0.29) is 5.56 Å². The van der Waals surface area contributed by atoms with Crippen LogP contribution in [-0.4, -0.2) is 28.5 Å². The molecule has 1 N–H and O–H groups in total. The van der Waals surface area contributed by atoms with Gasteiger partial charge >= 0.3 is 0 Å². The number of aromatic amines is 1. The van der Waals surface area contributed by atoms with Crippen molar-refractivity contribution in [2.24, 2.45) is 0 Å². The molecule has 1 aliphatic heterocycles. The smallest absolute Gasteiger partial charge is 0.255 e. The zero-order valence-electron chi connectivity index (χ0n) is 17.3. The summed E-state index contributed by atoms with van der Waals surface area (Å²) in [4.78, 5) is 25.3. The van der Waals surface area contributed by atoms with Gasteiger partial charge in [0.25, 0.3) is 5.56 Å². The summed E-state index contributed by atoms with van der Waals surface area (Å²) >= 11 is 1.79. The number of aromatic nitrogens is 2. The summed E-state index contributed by atoms with van der Waals surface area (Å²) in [6, 6.07) is 22.3. The zero-order valence-corrected chi connectivity index (χ0v) is 18.1. The summed E-state index contributed by atoms with van der Waals surface area (Å²) in [6.45, 7) is 2.36. The highest BCUT2D eigenvalue weighted by molar-refractivity contribution is 7.15. The molecule has 2 aromatic heterocycles. The van der Waals surface area contributed by atoms with Crippen LogP contribution in [0.3, 0.4) is 0 Å². The minimum atomic E-state index is -0.0290. The lowest BCUT2D eigenvalue weighted by molar-refractivity contribution is 0.244. The van der Waals surface area contributed by atoms with Crippen molar-refractivity contribution in [2.75, 3.05) is 13.7 Å². The molecule has 0 atom stereocenters. The van der Waals surface area contributed by atoms with Crippen molar-refractivity contribution in [1.29, 1.82) is 0 Å². The van der Waals surface area contributed by atoms with Crippen LogP contribution in [0.1, 0.15) is 16.1 Å². The molecule has 0 spiro atoms. The van der Waals surface area contributed by atoms with Gasteiger partial charge < -0.3 is 9.72 Å². The number of H-pyrrole nitrogens is 1. The summed E-state index contributed by atoms with van der Waals surface area (Å²) < 4.78 is 5.25. The zero-order chi connectivity index (χ0) is 21.2. The summed E-state index contributed by atoms with van der Waals surface area (Å²) in [7, 11) is 1.68. The van der Waals surface area contributed by atoms with Crippen LogP contribution in [0.4, 0.5) is 0 Å². The SMILES string of the molecule is COc1ccc(-c2ccc(CN3CCc4nc(-c5ccccc5)[nH]c(=O)c4C3)s2)cc1. The third-order valence-electron chi connectivity index (χ3n) is 5.61. The third-order valence-corrected chi connectivity index (χ3v) is 6.73.